The van der Waals surface area contributed by atoms with Crippen molar-refractivity contribution in [3.05, 3.63) is 38.7 Å². The fourth-order valence-corrected chi connectivity index (χ4v) is 5.86. The Morgan fingerprint density at radius 1 is 1.21 bits per heavy atom. The fourth-order valence-electron chi connectivity index (χ4n) is 2.43. The zero-order chi connectivity index (χ0) is 17.0. The Labute approximate surface area is 149 Å². The van der Waals surface area contributed by atoms with E-state index in [4.69, 9.17) is 4.74 Å². The largest absolute Gasteiger partial charge is 0.379 e. The summed E-state index contributed by atoms with van der Waals surface area (Å²) >= 11 is 2.79. The number of carbonyl (C=O) groups excluding carboxylic acids is 1. The highest BCUT2D eigenvalue weighted by molar-refractivity contribution is 7.89. The Morgan fingerprint density at radius 2 is 2.00 bits per heavy atom. The van der Waals surface area contributed by atoms with E-state index in [1.165, 1.54) is 15.2 Å². The number of hydrogen-bond acceptors (Lipinski definition) is 6. The van der Waals surface area contributed by atoms with Gasteiger partial charge in [0.1, 0.15) is 9.77 Å². The van der Waals surface area contributed by atoms with Crippen LogP contribution in [0.15, 0.2) is 33.9 Å². The zero-order valence-corrected chi connectivity index (χ0v) is 15.4. The maximum Gasteiger partial charge on any atom is 0.262 e. The van der Waals surface area contributed by atoms with Crippen LogP contribution in [0, 0.1) is 0 Å². The van der Waals surface area contributed by atoms with E-state index >= 15 is 0 Å². The second-order valence-corrected chi connectivity index (χ2v) is 9.07. The molecule has 0 atom stereocenters. The second-order valence-electron chi connectivity index (χ2n) is 5.22. The monoisotopic (exact) mass is 386 g/mol. The lowest BCUT2D eigenvalue weighted by atomic mass is 10.3. The normalized spacial score (nSPS) is 16.2. The van der Waals surface area contributed by atoms with E-state index in [2.05, 4.69) is 5.32 Å². The van der Waals surface area contributed by atoms with Gasteiger partial charge in [-0.2, -0.15) is 4.31 Å². The Bertz CT molecular complexity index is 778. The van der Waals surface area contributed by atoms with E-state index < -0.39 is 10.0 Å². The lowest BCUT2D eigenvalue weighted by molar-refractivity contribution is 0.0730. The standard InChI is InChI=1S/C15H18N2O4S3/c18-15(16-5-3-12-2-1-10-22-12)14-13(4-11-23-14)24(19,20)17-6-8-21-9-7-17/h1-2,4,10-11H,3,5-9H2,(H,16,18). The molecule has 0 unspecified atom stereocenters. The molecule has 3 heterocycles. The van der Waals surface area contributed by atoms with E-state index in [0.29, 0.717) is 32.8 Å². The van der Waals surface area contributed by atoms with E-state index in [1.807, 2.05) is 17.5 Å². The highest BCUT2D eigenvalue weighted by Crippen LogP contribution is 2.25. The number of rotatable bonds is 6. The van der Waals surface area contributed by atoms with Gasteiger partial charge in [0.2, 0.25) is 10.0 Å². The van der Waals surface area contributed by atoms with Crippen molar-refractivity contribution in [3.63, 3.8) is 0 Å². The molecule has 2 aromatic heterocycles. The maximum absolute atomic E-state index is 12.7. The number of ether oxygens (including phenoxy) is 1. The van der Waals surface area contributed by atoms with Gasteiger partial charge in [0.25, 0.3) is 5.91 Å². The first-order valence-corrected chi connectivity index (χ1v) is 10.7. The van der Waals surface area contributed by atoms with Gasteiger partial charge < -0.3 is 10.1 Å². The summed E-state index contributed by atoms with van der Waals surface area (Å²) in [5.41, 5.74) is 0. The van der Waals surface area contributed by atoms with Gasteiger partial charge in [-0.3, -0.25) is 4.79 Å². The van der Waals surface area contributed by atoms with Crippen LogP contribution in [-0.4, -0.2) is 51.5 Å². The molecule has 0 aromatic carbocycles. The highest BCUT2D eigenvalue weighted by atomic mass is 32.2. The van der Waals surface area contributed by atoms with Crippen molar-refractivity contribution in [1.82, 2.24) is 9.62 Å². The summed E-state index contributed by atoms with van der Waals surface area (Å²) in [6, 6.07) is 5.48. The molecule has 1 aliphatic rings. The first-order valence-electron chi connectivity index (χ1n) is 7.55. The third-order valence-corrected chi connectivity index (χ3v) is 7.58. The van der Waals surface area contributed by atoms with Crippen molar-refractivity contribution in [2.24, 2.45) is 0 Å². The Balaban J connectivity index is 1.68. The van der Waals surface area contributed by atoms with Gasteiger partial charge in [-0.15, -0.1) is 22.7 Å². The molecule has 1 aliphatic heterocycles. The van der Waals surface area contributed by atoms with E-state index in [-0.39, 0.29) is 15.7 Å². The molecule has 24 heavy (non-hydrogen) atoms. The van der Waals surface area contributed by atoms with Crippen LogP contribution in [0.3, 0.4) is 0 Å². The number of hydrogen-bond donors (Lipinski definition) is 1. The summed E-state index contributed by atoms with van der Waals surface area (Å²) < 4.78 is 32.0. The number of nitrogens with one attached hydrogen (secondary N) is 1. The lowest BCUT2D eigenvalue weighted by Gasteiger charge is -2.26. The van der Waals surface area contributed by atoms with Crippen molar-refractivity contribution >= 4 is 38.6 Å². The summed E-state index contributed by atoms with van der Waals surface area (Å²) in [7, 11) is -3.66. The predicted molar refractivity (Wildman–Crippen MR) is 94.3 cm³/mol. The minimum atomic E-state index is -3.66. The van der Waals surface area contributed by atoms with Gasteiger partial charge in [0.05, 0.1) is 13.2 Å². The van der Waals surface area contributed by atoms with Crippen LogP contribution in [-0.2, 0) is 21.2 Å². The molecular formula is C15H18N2O4S3. The topological polar surface area (TPSA) is 75.7 Å². The SMILES string of the molecule is O=C(NCCc1cccs1)c1sccc1S(=O)(=O)N1CCOCC1. The zero-order valence-electron chi connectivity index (χ0n) is 12.9. The Kier molecular flexibility index (Phi) is 5.67. The number of sulfonamides is 1. The van der Waals surface area contributed by atoms with Crippen molar-refractivity contribution in [2.75, 3.05) is 32.8 Å². The number of amides is 1. The van der Waals surface area contributed by atoms with Crippen LogP contribution in [0.2, 0.25) is 0 Å². The number of carbonyl (C=O) groups is 1. The Morgan fingerprint density at radius 3 is 2.71 bits per heavy atom. The molecule has 0 spiro atoms. The molecule has 1 amide bonds. The van der Waals surface area contributed by atoms with Crippen LogP contribution in [0.25, 0.3) is 0 Å². The number of morpholine rings is 1. The molecule has 0 bridgehead atoms. The van der Waals surface area contributed by atoms with Gasteiger partial charge in [0, 0.05) is 24.5 Å². The summed E-state index contributed by atoms with van der Waals surface area (Å²) in [6.45, 7) is 1.88. The minimum absolute atomic E-state index is 0.0861. The van der Waals surface area contributed by atoms with Crippen LogP contribution in [0.5, 0.6) is 0 Å². The third kappa shape index (κ3) is 3.86. The number of thiophene rings is 2. The smallest absolute Gasteiger partial charge is 0.262 e. The second kappa shape index (κ2) is 7.75. The Hall–Kier alpha value is -1.26. The van der Waals surface area contributed by atoms with Crippen molar-refractivity contribution in [3.8, 4) is 0 Å². The van der Waals surface area contributed by atoms with Crippen molar-refractivity contribution in [2.45, 2.75) is 11.3 Å². The molecule has 0 aliphatic carbocycles. The molecule has 9 heteroatoms. The highest BCUT2D eigenvalue weighted by Gasteiger charge is 2.31. The van der Waals surface area contributed by atoms with Gasteiger partial charge in [-0.25, -0.2) is 8.42 Å². The number of nitrogens with zero attached hydrogens (tertiary/aromatic N) is 1. The average molecular weight is 387 g/mol. The summed E-state index contributed by atoms with van der Waals surface area (Å²) in [6.07, 6.45) is 0.736. The van der Waals surface area contributed by atoms with E-state index in [9.17, 15) is 13.2 Å². The molecular weight excluding hydrogens is 368 g/mol. The van der Waals surface area contributed by atoms with Gasteiger partial charge in [-0.1, -0.05) is 6.07 Å². The molecule has 0 saturated carbocycles. The molecule has 1 saturated heterocycles. The summed E-state index contributed by atoms with van der Waals surface area (Å²) in [5, 5.41) is 6.44. The molecule has 1 fully saturated rings. The van der Waals surface area contributed by atoms with E-state index in [1.54, 1.807) is 16.7 Å². The third-order valence-electron chi connectivity index (χ3n) is 3.66. The summed E-state index contributed by atoms with van der Waals surface area (Å²) in [4.78, 5) is 13.9. The lowest BCUT2D eigenvalue weighted by Crippen LogP contribution is -2.41. The first kappa shape index (κ1) is 17.6. The van der Waals surface area contributed by atoms with Crippen LogP contribution < -0.4 is 5.32 Å². The molecule has 3 rings (SSSR count). The predicted octanol–water partition coefficient (Wildman–Crippen LogP) is 1.80. The fraction of sp³-hybridized carbons (Fsp3) is 0.400. The molecule has 6 nitrogen and oxygen atoms in total. The molecule has 1 N–H and O–H groups in total. The average Bonchev–Trinajstić information content (AvgIpc) is 3.27. The quantitative estimate of drug-likeness (QED) is 0.821. The maximum atomic E-state index is 12.7. The van der Waals surface area contributed by atoms with Gasteiger partial charge >= 0.3 is 0 Å². The first-order chi connectivity index (χ1) is 11.6. The van der Waals surface area contributed by atoms with Crippen LogP contribution in [0.1, 0.15) is 14.5 Å². The molecule has 0 radical (unpaired) electrons. The van der Waals surface area contributed by atoms with Crippen molar-refractivity contribution in [1.29, 1.82) is 0 Å². The van der Waals surface area contributed by atoms with Gasteiger partial charge in [0.15, 0.2) is 0 Å². The minimum Gasteiger partial charge on any atom is -0.379 e. The van der Waals surface area contributed by atoms with Crippen molar-refractivity contribution < 1.29 is 17.9 Å². The molecule has 2 aromatic rings. The summed E-state index contributed by atoms with van der Waals surface area (Å²) in [5.74, 6) is -0.339. The van der Waals surface area contributed by atoms with Crippen LogP contribution in [0.4, 0.5) is 0 Å². The molecule has 130 valence electrons. The van der Waals surface area contributed by atoms with E-state index in [0.717, 1.165) is 17.8 Å². The van der Waals surface area contributed by atoms with Gasteiger partial charge in [-0.05, 0) is 29.3 Å². The van der Waals surface area contributed by atoms with Crippen LogP contribution >= 0.6 is 22.7 Å².